The smallest absolute Gasteiger partial charge is 0.290 e. The molecule has 2 amide bonds. The minimum absolute atomic E-state index is 0.128. The molecule has 4 heterocycles. The van der Waals surface area contributed by atoms with Crippen molar-refractivity contribution in [1.82, 2.24) is 20.4 Å². The first-order chi connectivity index (χ1) is 17.0. The van der Waals surface area contributed by atoms with Crippen molar-refractivity contribution >= 4 is 34.9 Å². The van der Waals surface area contributed by atoms with Crippen molar-refractivity contribution in [2.75, 3.05) is 32.1 Å². The highest BCUT2D eigenvalue weighted by atomic mass is 16.5. The number of carboxylic acid groups (broad SMARTS) is 1. The summed E-state index contributed by atoms with van der Waals surface area (Å²) in [7, 11) is 1.61. The molecule has 10 heteroatoms. The molecule has 1 aromatic heterocycles. The van der Waals surface area contributed by atoms with Crippen molar-refractivity contribution in [1.29, 1.82) is 0 Å². The molecule has 3 aromatic rings. The van der Waals surface area contributed by atoms with Crippen molar-refractivity contribution in [3.05, 3.63) is 53.7 Å². The Balaban J connectivity index is 0.000000917. The molecular weight excluding hydrogens is 450 g/mol. The predicted molar refractivity (Wildman–Crippen MR) is 131 cm³/mol. The Morgan fingerprint density at radius 3 is 2.54 bits per heavy atom. The van der Waals surface area contributed by atoms with Gasteiger partial charge in [-0.1, -0.05) is 12.1 Å². The zero-order valence-electron chi connectivity index (χ0n) is 19.5. The van der Waals surface area contributed by atoms with Crippen molar-refractivity contribution in [2.24, 2.45) is 5.92 Å². The maximum Gasteiger partial charge on any atom is 0.290 e. The number of hydrogen-bond acceptors (Lipinski definition) is 6. The summed E-state index contributed by atoms with van der Waals surface area (Å²) in [5, 5.41) is 20.9. The SMILES string of the molecule is COc1ccc(CC(=O)Nc2ccc3[nH]nc(C(=O)N[C@@H]4CN5CCC4CC5)c3c2)cc1.O=CO. The van der Waals surface area contributed by atoms with Gasteiger partial charge in [-0.2, -0.15) is 5.10 Å². The molecule has 1 atom stereocenters. The zero-order chi connectivity index (χ0) is 24.8. The molecular formula is C25H29N5O5. The Kier molecular flexibility index (Phi) is 7.61. The predicted octanol–water partition coefficient (Wildman–Crippen LogP) is 2.28. The number of carbonyl (C=O) groups excluding carboxylic acids is 2. The van der Waals surface area contributed by atoms with Gasteiger partial charge in [0.1, 0.15) is 5.75 Å². The van der Waals surface area contributed by atoms with Crippen LogP contribution in [0, 0.1) is 5.92 Å². The Morgan fingerprint density at radius 1 is 1.20 bits per heavy atom. The van der Waals surface area contributed by atoms with E-state index in [1.807, 2.05) is 36.4 Å². The third-order valence-corrected chi connectivity index (χ3v) is 6.56. The molecule has 6 rings (SSSR count). The van der Waals surface area contributed by atoms with E-state index in [-0.39, 0.29) is 30.7 Å². The quantitative estimate of drug-likeness (QED) is 0.398. The van der Waals surface area contributed by atoms with E-state index in [4.69, 9.17) is 14.6 Å². The molecule has 35 heavy (non-hydrogen) atoms. The lowest BCUT2D eigenvalue weighted by atomic mass is 9.84. The maximum absolute atomic E-state index is 13.0. The van der Waals surface area contributed by atoms with Crippen LogP contribution in [0.25, 0.3) is 10.9 Å². The number of aromatic amines is 1. The summed E-state index contributed by atoms with van der Waals surface area (Å²) in [6.07, 6.45) is 2.52. The van der Waals surface area contributed by atoms with E-state index in [1.165, 1.54) is 0 Å². The lowest BCUT2D eigenvalue weighted by Crippen LogP contribution is -2.57. The van der Waals surface area contributed by atoms with E-state index in [0.717, 1.165) is 49.3 Å². The summed E-state index contributed by atoms with van der Waals surface area (Å²) < 4.78 is 5.15. The van der Waals surface area contributed by atoms with E-state index in [1.54, 1.807) is 13.2 Å². The average molecular weight is 480 g/mol. The molecule has 3 aliphatic rings. The average Bonchev–Trinajstić information content (AvgIpc) is 3.29. The van der Waals surface area contributed by atoms with Crippen LogP contribution in [0.1, 0.15) is 28.9 Å². The highest BCUT2D eigenvalue weighted by molar-refractivity contribution is 6.06. The number of H-pyrrole nitrogens is 1. The van der Waals surface area contributed by atoms with Crippen LogP contribution in [0.5, 0.6) is 5.75 Å². The van der Waals surface area contributed by atoms with Crippen LogP contribution in [0.4, 0.5) is 5.69 Å². The first-order valence-electron chi connectivity index (χ1n) is 11.5. The van der Waals surface area contributed by atoms with Gasteiger partial charge < -0.3 is 25.4 Å². The largest absolute Gasteiger partial charge is 0.497 e. The van der Waals surface area contributed by atoms with Crippen molar-refractivity contribution in [3.63, 3.8) is 0 Å². The first-order valence-corrected chi connectivity index (χ1v) is 11.5. The fourth-order valence-electron chi connectivity index (χ4n) is 4.76. The second kappa shape index (κ2) is 11.0. The second-order valence-electron chi connectivity index (χ2n) is 8.73. The van der Waals surface area contributed by atoms with E-state index in [0.29, 0.717) is 22.7 Å². The summed E-state index contributed by atoms with van der Waals surface area (Å²) in [4.78, 5) is 36.3. The van der Waals surface area contributed by atoms with E-state index < -0.39 is 0 Å². The Hall–Kier alpha value is -3.92. The molecule has 3 saturated heterocycles. The van der Waals surface area contributed by atoms with Crippen LogP contribution in [-0.2, 0) is 16.0 Å². The number of benzene rings is 2. The van der Waals surface area contributed by atoms with Gasteiger partial charge in [-0.25, -0.2) is 0 Å². The third-order valence-electron chi connectivity index (χ3n) is 6.56. The molecule has 3 aliphatic heterocycles. The Bertz CT molecular complexity index is 1180. The molecule has 0 aliphatic carbocycles. The summed E-state index contributed by atoms with van der Waals surface area (Å²) in [5.41, 5.74) is 2.65. The number of amides is 2. The number of methoxy groups -OCH3 is 1. The fraction of sp³-hybridized carbons (Fsp3) is 0.360. The van der Waals surface area contributed by atoms with Crippen molar-refractivity contribution < 1.29 is 24.2 Å². The Labute approximate surface area is 202 Å². The maximum atomic E-state index is 13.0. The molecule has 10 nitrogen and oxygen atoms in total. The van der Waals surface area contributed by atoms with E-state index in [2.05, 4.69) is 25.7 Å². The summed E-state index contributed by atoms with van der Waals surface area (Å²) >= 11 is 0. The lowest BCUT2D eigenvalue weighted by molar-refractivity contribution is -0.123. The molecule has 2 bridgehead atoms. The number of nitrogens with one attached hydrogen (secondary N) is 3. The minimum Gasteiger partial charge on any atom is -0.497 e. The zero-order valence-corrected chi connectivity index (χ0v) is 19.5. The van der Waals surface area contributed by atoms with Gasteiger partial charge in [-0.05, 0) is 67.7 Å². The molecule has 0 radical (unpaired) electrons. The van der Waals surface area contributed by atoms with Gasteiger partial charge in [0.05, 0.1) is 19.0 Å². The van der Waals surface area contributed by atoms with E-state index >= 15 is 0 Å². The fourth-order valence-corrected chi connectivity index (χ4v) is 4.76. The van der Waals surface area contributed by atoms with Crippen molar-refractivity contribution in [2.45, 2.75) is 25.3 Å². The molecule has 2 aromatic carbocycles. The number of fused-ring (bicyclic) bond motifs is 4. The van der Waals surface area contributed by atoms with Gasteiger partial charge in [0, 0.05) is 23.7 Å². The van der Waals surface area contributed by atoms with Gasteiger partial charge >= 0.3 is 0 Å². The number of piperidine rings is 3. The number of anilines is 1. The van der Waals surface area contributed by atoms with Crippen LogP contribution < -0.4 is 15.4 Å². The molecule has 4 N–H and O–H groups in total. The first kappa shape index (κ1) is 24.2. The van der Waals surface area contributed by atoms with Crippen LogP contribution >= 0.6 is 0 Å². The number of hydrogen-bond donors (Lipinski definition) is 4. The molecule has 0 unspecified atom stereocenters. The van der Waals surface area contributed by atoms with Crippen LogP contribution in [0.15, 0.2) is 42.5 Å². The lowest BCUT2D eigenvalue weighted by Gasteiger charge is -2.44. The van der Waals surface area contributed by atoms with Crippen LogP contribution in [0.2, 0.25) is 0 Å². The number of nitrogens with zero attached hydrogens (tertiary/aromatic N) is 2. The number of ether oxygens (including phenoxy) is 1. The van der Waals surface area contributed by atoms with Gasteiger partial charge in [0.2, 0.25) is 5.91 Å². The van der Waals surface area contributed by atoms with Crippen LogP contribution in [-0.4, -0.2) is 71.3 Å². The number of carbonyl (C=O) groups is 3. The van der Waals surface area contributed by atoms with Crippen LogP contribution in [0.3, 0.4) is 0 Å². The highest BCUT2D eigenvalue weighted by Crippen LogP contribution is 2.28. The molecule has 3 fully saturated rings. The van der Waals surface area contributed by atoms with Gasteiger partial charge in [0.15, 0.2) is 5.69 Å². The number of rotatable bonds is 6. The molecule has 0 saturated carbocycles. The van der Waals surface area contributed by atoms with Gasteiger partial charge in [-0.3, -0.25) is 19.5 Å². The second-order valence-corrected chi connectivity index (χ2v) is 8.73. The number of aromatic nitrogens is 2. The summed E-state index contributed by atoms with van der Waals surface area (Å²) in [5.74, 6) is 0.999. The Morgan fingerprint density at radius 2 is 1.91 bits per heavy atom. The monoisotopic (exact) mass is 479 g/mol. The van der Waals surface area contributed by atoms with Gasteiger partial charge in [-0.15, -0.1) is 0 Å². The van der Waals surface area contributed by atoms with E-state index in [9.17, 15) is 9.59 Å². The molecule has 0 spiro atoms. The summed E-state index contributed by atoms with van der Waals surface area (Å²) in [6.45, 7) is 2.91. The summed E-state index contributed by atoms with van der Waals surface area (Å²) in [6, 6.07) is 13.0. The normalized spacial score (nSPS) is 20.4. The van der Waals surface area contributed by atoms with Crippen molar-refractivity contribution in [3.8, 4) is 5.75 Å². The topological polar surface area (TPSA) is 137 Å². The standard InChI is InChI=1S/C24H27N5O3.CH2O2/c1-32-18-5-2-15(3-6-18)12-22(30)25-17-4-7-20-19(13-17)23(28-27-20)24(31)26-21-14-29-10-8-16(21)9-11-29;2-1-3/h2-7,13,16,21H,8-12,14H2,1H3,(H,25,30)(H,26,31)(H,27,28);1H,(H,2,3)/t21-;/m1./s1. The minimum atomic E-state index is -0.250. The molecule has 184 valence electrons. The third kappa shape index (κ3) is 5.78. The highest BCUT2D eigenvalue weighted by Gasteiger charge is 2.35. The van der Waals surface area contributed by atoms with Gasteiger partial charge in [0.25, 0.3) is 12.4 Å².